The fourth-order valence-electron chi connectivity index (χ4n) is 5.41. The number of rotatable bonds is 5. The highest BCUT2D eigenvalue weighted by atomic mass is 16.6. The SMILES string of the molecule is CC(C)(C)OC(=O)N1CCC(n2cccc2-c2nc(-c3ccc(C(=O)Nc4ccccn4)cc3)c3c(N)nccn23)CC1. The second kappa shape index (κ2) is 11.2. The Kier molecular flexibility index (Phi) is 7.31. The lowest BCUT2D eigenvalue weighted by Crippen LogP contribution is -2.42. The van der Waals surface area contributed by atoms with Gasteiger partial charge in [-0.05, 0) is 70.0 Å². The summed E-state index contributed by atoms with van der Waals surface area (Å²) in [6, 6.07) is 16.8. The Morgan fingerprint density at radius 2 is 1.72 bits per heavy atom. The van der Waals surface area contributed by atoms with E-state index in [2.05, 4.69) is 26.0 Å². The molecule has 11 nitrogen and oxygen atoms in total. The average Bonchev–Trinajstić information content (AvgIpc) is 3.63. The Hall–Kier alpha value is -5.19. The van der Waals surface area contributed by atoms with Crippen molar-refractivity contribution in [2.24, 2.45) is 0 Å². The highest BCUT2D eigenvalue weighted by Crippen LogP contribution is 2.35. The first-order valence-corrected chi connectivity index (χ1v) is 14.3. The number of imidazole rings is 1. The Morgan fingerprint density at radius 1 is 0.953 bits per heavy atom. The second-order valence-electron chi connectivity index (χ2n) is 11.6. The number of nitrogens with zero attached hydrogens (tertiary/aromatic N) is 6. The van der Waals surface area contributed by atoms with Gasteiger partial charge in [0.25, 0.3) is 5.91 Å². The van der Waals surface area contributed by atoms with Gasteiger partial charge in [0.2, 0.25) is 0 Å². The van der Waals surface area contributed by atoms with Crippen molar-refractivity contribution in [3.63, 3.8) is 0 Å². The molecule has 0 saturated carbocycles. The Bertz CT molecular complexity index is 1760. The largest absolute Gasteiger partial charge is 0.444 e. The van der Waals surface area contributed by atoms with Crippen molar-refractivity contribution < 1.29 is 14.3 Å². The molecule has 4 aromatic heterocycles. The number of piperidine rings is 1. The maximum Gasteiger partial charge on any atom is 0.410 e. The number of hydrogen-bond acceptors (Lipinski definition) is 7. The van der Waals surface area contributed by atoms with Gasteiger partial charge in [0.15, 0.2) is 5.82 Å². The van der Waals surface area contributed by atoms with Crippen LogP contribution in [0.4, 0.5) is 16.4 Å². The van der Waals surface area contributed by atoms with E-state index < -0.39 is 5.60 Å². The van der Waals surface area contributed by atoms with Gasteiger partial charge in [0, 0.05) is 55.0 Å². The number of anilines is 2. The summed E-state index contributed by atoms with van der Waals surface area (Å²) in [5.41, 5.74) is 9.47. The Balaban J connectivity index is 1.27. The van der Waals surface area contributed by atoms with Gasteiger partial charge in [-0.15, -0.1) is 0 Å². The van der Waals surface area contributed by atoms with Crippen molar-refractivity contribution in [3.05, 3.63) is 84.9 Å². The highest BCUT2D eigenvalue weighted by Gasteiger charge is 2.29. The predicted octanol–water partition coefficient (Wildman–Crippen LogP) is 5.67. The topological polar surface area (TPSA) is 133 Å². The molecule has 1 aromatic carbocycles. The van der Waals surface area contributed by atoms with Gasteiger partial charge in [-0.3, -0.25) is 9.20 Å². The molecule has 43 heavy (non-hydrogen) atoms. The number of likely N-dealkylation sites (tertiary alicyclic amines) is 1. The summed E-state index contributed by atoms with van der Waals surface area (Å²) in [6.07, 6.45) is 8.52. The molecule has 3 N–H and O–H groups in total. The zero-order valence-electron chi connectivity index (χ0n) is 24.4. The molecule has 0 radical (unpaired) electrons. The third-order valence-corrected chi connectivity index (χ3v) is 7.43. The fraction of sp³-hybridized carbons (Fsp3) is 0.281. The molecule has 1 fully saturated rings. The Labute approximate surface area is 249 Å². The van der Waals surface area contributed by atoms with Crippen LogP contribution in [0.3, 0.4) is 0 Å². The van der Waals surface area contributed by atoms with E-state index >= 15 is 0 Å². The van der Waals surface area contributed by atoms with E-state index in [0.29, 0.717) is 41.5 Å². The van der Waals surface area contributed by atoms with Gasteiger partial charge < -0.3 is 25.3 Å². The first-order chi connectivity index (χ1) is 20.7. The third-order valence-electron chi connectivity index (χ3n) is 7.43. The smallest absolute Gasteiger partial charge is 0.410 e. The van der Waals surface area contributed by atoms with E-state index in [-0.39, 0.29) is 18.0 Å². The number of nitrogens with one attached hydrogen (secondary N) is 1. The second-order valence-corrected chi connectivity index (χ2v) is 11.6. The molecule has 220 valence electrons. The third kappa shape index (κ3) is 5.78. The normalized spacial score (nSPS) is 14.2. The minimum Gasteiger partial charge on any atom is -0.444 e. The lowest BCUT2D eigenvalue weighted by atomic mass is 10.0. The molecule has 2 amide bonds. The van der Waals surface area contributed by atoms with Crippen LogP contribution in [0.5, 0.6) is 0 Å². The molecule has 11 heteroatoms. The number of benzene rings is 1. The predicted molar refractivity (Wildman–Crippen MR) is 165 cm³/mol. The molecule has 0 bridgehead atoms. The number of nitrogens with two attached hydrogens (primary N) is 1. The summed E-state index contributed by atoms with van der Waals surface area (Å²) < 4.78 is 9.76. The van der Waals surface area contributed by atoms with E-state index in [0.717, 1.165) is 29.9 Å². The van der Waals surface area contributed by atoms with Gasteiger partial charge in [-0.2, -0.15) is 0 Å². The van der Waals surface area contributed by atoms with Crippen LogP contribution < -0.4 is 11.1 Å². The molecule has 0 atom stereocenters. The number of ether oxygens (including phenoxy) is 1. The number of hydrogen-bond donors (Lipinski definition) is 2. The summed E-state index contributed by atoms with van der Waals surface area (Å²) in [6.45, 7) is 6.86. The Morgan fingerprint density at radius 3 is 2.42 bits per heavy atom. The van der Waals surface area contributed by atoms with Crippen molar-refractivity contribution in [1.29, 1.82) is 0 Å². The van der Waals surface area contributed by atoms with Gasteiger partial charge in [0.1, 0.15) is 28.4 Å². The minimum atomic E-state index is -0.524. The van der Waals surface area contributed by atoms with Crippen LogP contribution in [-0.4, -0.2) is 59.5 Å². The number of aromatic nitrogens is 5. The number of carbonyl (C=O) groups is 2. The molecule has 1 saturated heterocycles. The monoisotopic (exact) mass is 578 g/mol. The van der Waals surface area contributed by atoms with Gasteiger partial charge in [0.05, 0.1) is 5.69 Å². The maximum atomic E-state index is 12.8. The molecule has 5 heterocycles. The minimum absolute atomic E-state index is 0.190. The molecule has 0 aliphatic carbocycles. The lowest BCUT2D eigenvalue weighted by Gasteiger charge is -2.34. The highest BCUT2D eigenvalue weighted by molar-refractivity contribution is 6.04. The average molecular weight is 579 g/mol. The number of nitrogen functional groups attached to an aromatic ring is 1. The van der Waals surface area contributed by atoms with Crippen LogP contribution in [0.15, 0.2) is 79.4 Å². The van der Waals surface area contributed by atoms with Crippen LogP contribution in [0.25, 0.3) is 28.3 Å². The standard InChI is InChI=1S/C32H34N8O3/c1-32(2,3)43-31(42)38-18-13-23(14-19-38)39-17-6-7-24(39)29-37-26(27-28(33)35-16-20-40(27)29)21-9-11-22(12-10-21)30(41)36-25-8-4-5-15-34-25/h4-12,15-17,20,23H,13-14,18-19H2,1-3H3,(H2,33,35)(H,34,36,41). The zero-order valence-corrected chi connectivity index (χ0v) is 24.4. The van der Waals surface area contributed by atoms with E-state index in [1.54, 1.807) is 41.6 Å². The van der Waals surface area contributed by atoms with E-state index in [1.807, 2.05) is 61.7 Å². The van der Waals surface area contributed by atoms with Crippen LogP contribution in [0.2, 0.25) is 0 Å². The summed E-state index contributed by atoms with van der Waals surface area (Å²) in [4.78, 5) is 40.7. The van der Waals surface area contributed by atoms with Crippen molar-refractivity contribution in [2.45, 2.75) is 45.3 Å². The van der Waals surface area contributed by atoms with Crippen LogP contribution in [0, 0.1) is 0 Å². The molecule has 6 rings (SSSR count). The van der Waals surface area contributed by atoms with Crippen molar-refractivity contribution >= 4 is 29.2 Å². The number of fused-ring (bicyclic) bond motifs is 1. The molecular weight excluding hydrogens is 544 g/mol. The molecule has 1 aliphatic rings. The quantitative estimate of drug-likeness (QED) is 0.275. The first-order valence-electron chi connectivity index (χ1n) is 14.3. The summed E-state index contributed by atoms with van der Waals surface area (Å²) in [7, 11) is 0. The van der Waals surface area contributed by atoms with Crippen molar-refractivity contribution in [2.75, 3.05) is 24.1 Å². The van der Waals surface area contributed by atoms with Gasteiger partial charge in [-0.25, -0.2) is 19.7 Å². The summed E-state index contributed by atoms with van der Waals surface area (Å²) in [5.74, 6) is 1.32. The summed E-state index contributed by atoms with van der Waals surface area (Å²) >= 11 is 0. The van der Waals surface area contributed by atoms with Gasteiger partial charge in [-0.1, -0.05) is 18.2 Å². The van der Waals surface area contributed by atoms with Crippen LogP contribution in [-0.2, 0) is 4.74 Å². The van der Waals surface area contributed by atoms with E-state index in [1.165, 1.54) is 0 Å². The maximum absolute atomic E-state index is 12.8. The first kappa shape index (κ1) is 28.0. The number of carbonyl (C=O) groups excluding carboxylic acids is 2. The van der Waals surface area contributed by atoms with Crippen molar-refractivity contribution in [1.82, 2.24) is 28.8 Å². The zero-order chi connectivity index (χ0) is 30.1. The summed E-state index contributed by atoms with van der Waals surface area (Å²) in [5, 5.41) is 2.80. The fourth-order valence-corrected chi connectivity index (χ4v) is 5.41. The number of amides is 2. The van der Waals surface area contributed by atoms with Crippen LogP contribution in [0.1, 0.15) is 50.0 Å². The van der Waals surface area contributed by atoms with Crippen molar-refractivity contribution in [3.8, 4) is 22.8 Å². The molecule has 1 aliphatic heterocycles. The van der Waals surface area contributed by atoms with E-state index in [9.17, 15) is 9.59 Å². The molecule has 5 aromatic rings. The number of pyridine rings is 1. The molecular formula is C32H34N8O3. The van der Waals surface area contributed by atoms with Crippen LogP contribution >= 0.6 is 0 Å². The molecule has 0 unspecified atom stereocenters. The lowest BCUT2D eigenvalue weighted by molar-refractivity contribution is 0.0189. The van der Waals surface area contributed by atoms with E-state index in [4.69, 9.17) is 15.5 Å². The van der Waals surface area contributed by atoms with Gasteiger partial charge >= 0.3 is 6.09 Å². The molecule has 0 spiro atoms.